The predicted molar refractivity (Wildman–Crippen MR) is 105 cm³/mol. The zero-order valence-corrected chi connectivity index (χ0v) is 17.2. The monoisotopic (exact) mass is 408 g/mol. The minimum Gasteiger partial charge on any atom is -0.493 e. The molecule has 0 N–H and O–H groups in total. The highest BCUT2D eigenvalue weighted by atomic mass is 32.1. The van der Waals surface area contributed by atoms with Gasteiger partial charge in [-0.2, -0.15) is 0 Å². The van der Waals surface area contributed by atoms with Crippen molar-refractivity contribution in [1.82, 2.24) is 0 Å². The largest absolute Gasteiger partial charge is 0.493 e. The van der Waals surface area contributed by atoms with Gasteiger partial charge in [0, 0.05) is 17.2 Å². The molecule has 1 aromatic carbocycles. The van der Waals surface area contributed by atoms with E-state index in [1.165, 1.54) is 25.6 Å². The Kier molecular flexibility index (Phi) is 7.80. The Morgan fingerprint density at radius 3 is 2.21 bits per heavy atom. The molecule has 0 saturated carbocycles. The normalized spacial score (nSPS) is 11.7. The molecule has 1 atom stereocenters. The molecule has 8 heteroatoms. The molecule has 2 rings (SSSR count). The second-order valence-electron chi connectivity index (χ2n) is 5.87. The average Bonchev–Trinajstić information content (AvgIpc) is 3.10. The molecule has 0 radical (unpaired) electrons. The molecule has 28 heavy (non-hydrogen) atoms. The second-order valence-corrected chi connectivity index (χ2v) is 6.95. The van der Waals surface area contributed by atoms with E-state index in [1.807, 2.05) is 0 Å². The quantitative estimate of drug-likeness (QED) is 0.337. The molecule has 0 amide bonds. The molecule has 1 aromatic heterocycles. The summed E-state index contributed by atoms with van der Waals surface area (Å²) in [5.41, 5.74) is 0. The number of thiophene rings is 1. The van der Waals surface area contributed by atoms with Crippen LogP contribution in [0.1, 0.15) is 36.4 Å². The summed E-state index contributed by atoms with van der Waals surface area (Å²) in [5, 5.41) is 0.805. The fraction of sp³-hybridized carbons (Fsp3) is 0.450. The van der Waals surface area contributed by atoms with Crippen LogP contribution in [0, 0.1) is 5.92 Å². The Labute approximate surface area is 167 Å². The number of Topliss-reactive ketones (excluding diaryl/α,β-unsaturated/α-hetero) is 1. The van der Waals surface area contributed by atoms with E-state index >= 15 is 0 Å². The SMILES string of the molecule is CCOC(=O)CCC(C(=O)OCC)C(=O)c1cc2cc(OC)c(OC)cc2s1. The number of hydrogen-bond acceptors (Lipinski definition) is 8. The molecular formula is C20H24O7S. The van der Waals surface area contributed by atoms with Crippen LogP contribution in [0.3, 0.4) is 0 Å². The van der Waals surface area contributed by atoms with Gasteiger partial charge in [-0.25, -0.2) is 0 Å². The lowest BCUT2D eigenvalue weighted by Crippen LogP contribution is -2.27. The molecule has 0 spiro atoms. The van der Waals surface area contributed by atoms with Crippen LogP contribution in [0.5, 0.6) is 11.5 Å². The van der Waals surface area contributed by atoms with Crippen molar-refractivity contribution < 1.29 is 33.3 Å². The van der Waals surface area contributed by atoms with Gasteiger partial charge in [0.05, 0.1) is 32.3 Å². The van der Waals surface area contributed by atoms with E-state index in [2.05, 4.69) is 0 Å². The summed E-state index contributed by atoms with van der Waals surface area (Å²) in [4.78, 5) is 37.4. The van der Waals surface area contributed by atoms with Gasteiger partial charge in [0.25, 0.3) is 0 Å². The van der Waals surface area contributed by atoms with Crippen molar-refractivity contribution in [3.8, 4) is 11.5 Å². The highest BCUT2D eigenvalue weighted by Crippen LogP contribution is 2.37. The third-order valence-corrected chi connectivity index (χ3v) is 5.21. The highest BCUT2D eigenvalue weighted by molar-refractivity contribution is 7.20. The summed E-state index contributed by atoms with van der Waals surface area (Å²) in [6, 6.07) is 5.27. The van der Waals surface area contributed by atoms with Crippen LogP contribution in [0.25, 0.3) is 10.1 Å². The molecule has 1 heterocycles. The van der Waals surface area contributed by atoms with Gasteiger partial charge in [-0.3, -0.25) is 14.4 Å². The molecule has 0 fully saturated rings. The number of ether oxygens (including phenoxy) is 4. The molecule has 0 bridgehead atoms. The lowest BCUT2D eigenvalue weighted by Gasteiger charge is -2.13. The molecule has 7 nitrogen and oxygen atoms in total. The number of carbonyl (C=O) groups excluding carboxylic acids is 3. The predicted octanol–water partition coefficient (Wildman–Crippen LogP) is 3.62. The summed E-state index contributed by atoms with van der Waals surface area (Å²) in [7, 11) is 3.07. The van der Waals surface area contributed by atoms with Crippen LogP contribution in [0.2, 0.25) is 0 Å². The maximum atomic E-state index is 13.0. The Morgan fingerprint density at radius 1 is 0.964 bits per heavy atom. The van der Waals surface area contributed by atoms with Crippen LogP contribution >= 0.6 is 11.3 Å². The maximum Gasteiger partial charge on any atom is 0.316 e. The first-order chi connectivity index (χ1) is 13.4. The fourth-order valence-corrected chi connectivity index (χ4v) is 3.82. The lowest BCUT2D eigenvalue weighted by atomic mass is 9.97. The smallest absolute Gasteiger partial charge is 0.316 e. The number of esters is 2. The average molecular weight is 408 g/mol. The topological polar surface area (TPSA) is 88.1 Å². The van der Waals surface area contributed by atoms with E-state index in [0.29, 0.717) is 16.4 Å². The molecule has 152 valence electrons. The number of hydrogen-bond donors (Lipinski definition) is 0. The van der Waals surface area contributed by atoms with Gasteiger partial charge in [0.2, 0.25) is 0 Å². The Hall–Kier alpha value is -2.61. The van der Waals surface area contributed by atoms with Gasteiger partial charge in [-0.05, 0) is 37.8 Å². The molecule has 1 unspecified atom stereocenters. The summed E-state index contributed by atoms with van der Waals surface area (Å²) >= 11 is 1.25. The number of benzene rings is 1. The van der Waals surface area contributed by atoms with Crippen LogP contribution < -0.4 is 9.47 Å². The summed E-state index contributed by atoms with van der Waals surface area (Å²) in [6.07, 6.45) is 0.00693. The third-order valence-electron chi connectivity index (χ3n) is 4.10. The van der Waals surface area contributed by atoms with Gasteiger partial charge >= 0.3 is 11.9 Å². The van der Waals surface area contributed by atoms with E-state index in [4.69, 9.17) is 18.9 Å². The highest BCUT2D eigenvalue weighted by Gasteiger charge is 2.31. The van der Waals surface area contributed by atoms with Crippen LogP contribution in [-0.2, 0) is 19.1 Å². The first-order valence-corrected chi connectivity index (χ1v) is 9.78. The van der Waals surface area contributed by atoms with Gasteiger partial charge in [0.1, 0.15) is 5.92 Å². The minimum absolute atomic E-state index is 0.0321. The summed E-state index contributed by atoms with van der Waals surface area (Å²) < 4.78 is 21.3. The zero-order chi connectivity index (χ0) is 20.7. The first kappa shape index (κ1) is 21.7. The van der Waals surface area contributed by atoms with Crippen LogP contribution in [0.15, 0.2) is 18.2 Å². The van der Waals surface area contributed by atoms with Crippen molar-refractivity contribution in [3.63, 3.8) is 0 Å². The van der Waals surface area contributed by atoms with Crippen molar-refractivity contribution in [1.29, 1.82) is 0 Å². The van der Waals surface area contributed by atoms with Crippen LogP contribution in [0.4, 0.5) is 0 Å². The van der Waals surface area contributed by atoms with Crippen molar-refractivity contribution in [3.05, 3.63) is 23.1 Å². The van der Waals surface area contributed by atoms with Gasteiger partial charge in [-0.15, -0.1) is 11.3 Å². The van der Waals surface area contributed by atoms with Crippen molar-refractivity contribution >= 4 is 39.1 Å². The number of carbonyl (C=O) groups is 3. The molecule has 0 aliphatic rings. The van der Waals surface area contributed by atoms with Gasteiger partial charge in [-0.1, -0.05) is 0 Å². The molecular weight excluding hydrogens is 384 g/mol. The Bertz CT molecular complexity index is 815. The zero-order valence-electron chi connectivity index (χ0n) is 16.4. The van der Waals surface area contributed by atoms with E-state index in [0.717, 1.165) is 10.1 Å². The summed E-state index contributed by atoms with van der Waals surface area (Å²) in [5.74, 6) is -1.40. The minimum atomic E-state index is -1.05. The Balaban J connectivity index is 2.31. The lowest BCUT2D eigenvalue weighted by molar-refractivity contribution is -0.147. The Morgan fingerprint density at radius 2 is 1.61 bits per heavy atom. The third kappa shape index (κ3) is 5.01. The molecule has 0 aliphatic heterocycles. The number of fused-ring (bicyclic) bond motifs is 1. The molecule has 0 aliphatic carbocycles. The molecule has 2 aromatic rings. The van der Waals surface area contributed by atoms with E-state index in [1.54, 1.807) is 32.0 Å². The second kappa shape index (κ2) is 10.1. The van der Waals surface area contributed by atoms with E-state index in [9.17, 15) is 14.4 Å². The first-order valence-electron chi connectivity index (χ1n) is 8.97. The summed E-state index contributed by atoms with van der Waals surface area (Å²) in [6.45, 7) is 3.77. The standard InChI is InChI=1S/C20H24O7S/c1-5-26-18(21)8-7-13(20(23)27-6-2)19(22)17-10-12-9-14(24-3)15(25-4)11-16(12)28-17/h9-11,13H,5-8H2,1-4H3. The molecule has 0 saturated heterocycles. The number of methoxy groups -OCH3 is 2. The van der Waals surface area contributed by atoms with Crippen LogP contribution in [-0.4, -0.2) is 45.2 Å². The fourth-order valence-electron chi connectivity index (χ4n) is 2.75. The van der Waals surface area contributed by atoms with E-state index in [-0.39, 0.29) is 31.8 Å². The van der Waals surface area contributed by atoms with Gasteiger partial charge < -0.3 is 18.9 Å². The van der Waals surface area contributed by atoms with E-state index < -0.39 is 17.9 Å². The van der Waals surface area contributed by atoms with Crippen molar-refractivity contribution in [2.45, 2.75) is 26.7 Å². The maximum absolute atomic E-state index is 13.0. The van der Waals surface area contributed by atoms with Crippen molar-refractivity contribution in [2.75, 3.05) is 27.4 Å². The number of ketones is 1. The number of rotatable bonds is 10. The van der Waals surface area contributed by atoms with Gasteiger partial charge in [0.15, 0.2) is 17.3 Å². The van der Waals surface area contributed by atoms with Crippen molar-refractivity contribution in [2.24, 2.45) is 5.92 Å².